The average Bonchev–Trinajstić information content (AvgIpc) is 3.12. The number of aryl methyl sites for hydroxylation is 1. The highest BCUT2D eigenvalue weighted by molar-refractivity contribution is 5.80. The number of aromatic nitrogens is 2. The van der Waals surface area contributed by atoms with E-state index in [1.807, 2.05) is 0 Å². The fraction of sp³-hybridized carbons (Fsp3) is 0.500. The first kappa shape index (κ1) is 17.0. The van der Waals surface area contributed by atoms with Gasteiger partial charge in [-0.2, -0.15) is 0 Å². The number of amides is 1. The molecular formula is C18H21N3O5. The number of hydrogen-bond donors (Lipinski definition) is 0. The smallest absolute Gasteiger partial charge is 0.317 e. The van der Waals surface area contributed by atoms with Gasteiger partial charge in [0.1, 0.15) is 6.54 Å². The van der Waals surface area contributed by atoms with Gasteiger partial charge in [-0.25, -0.2) is 0 Å². The van der Waals surface area contributed by atoms with Crippen molar-refractivity contribution < 1.29 is 14.3 Å². The Morgan fingerprint density at radius 2 is 1.65 bits per heavy atom. The minimum Gasteiger partial charge on any atom is -0.347 e. The zero-order valence-electron chi connectivity index (χ0n) is 14.6. The molecule has 0 atom stereocenters. The summed E-state index contributed by atoms with van der Waals surface area (Å²) in [5.41, 5.74) is -0.128. The van der Waals surface area contributed by atoms with E-state index in [1.165, 1.54) is 9.13 Å². The number of hydrogen-bond acceptors (Lipinski definition) is 5. The van der Waals surface area contributed by atoms with E-state index >= 15 is 0 Å². The molecule has 8 heteroatoms. The SMILES string of the molecule is Cn1c(=O)c(=O)n(CC(=O)N2CCC3(CC2)OCCO3)c2ccccc21. The molecule has 2 aliphatic heterocycles. The molecule has 2 aromatic rings. The first-order valence-electron chi connectivity index (χ1n) is 8.75. The summed E-state index contributed by atoms with van der Waals surface area (Å²) in [7, 11) is 1.56. The lowest BCUT2D eigenvalue weighted by Gasteiger charge is -2.37. The number of nitrogens with zero attached hydrogens (tertiary/aromatic N) is 3. The van der Waals surface area contributed by atoms with Gasteiger partial charge in [0.25, 0.3) is 0 Å². The molecule has 138 valence electrons. The zero-order valence-corrected chi connectivity index (χ0v) is 14.6. The topological polar surface area (TPSA) is 82.8 Å². The van der Waals surface area contributed by atoms with E-state index in [0.29, 0.717) is 50.2 Å². The van der Waals surface area contributed by atoms with Crippen molar-refractivity contribution in [2.45, 2.75) is 25.2 Å². The van der Waals surface area contributed by atoms with Crippen LogP contribution in [-0.4, -0.2) is 52.0 Å². The molecule has 1 aromatic carbocycles. The van der Waals surface area contributed by atoms with Gasteiger partial charge in [-0.15, -0.1) is 0 Å². The van der Waals surface area contributed by atoms with Gasteiger partial charge in [0, 0.05) is 33.0 Å². The van der Waals surface area contributed by atoms with Crippen molar-refractivity contribution in [2.24, 2.45) is 7.05 Å². The van der Waals surface area contributed by atoms with Crippen LogP contribution in [0.5, 0.6) is 0 Å². The second-order valence-electron chi connectivity index (χ2n) is 6.73. The third-order valence-electron chi connectivity index (χ3n) is 5.25. The van der Waals surface area contributed by atoms with Gasteiger partial charge in [-0.1, -0.05) is 12.1 Å². The summed E-state index contributed by atoms with van der Waals surface area (Å²) in [4.78, 5) is 39.1. The van der Waals surface area contributed by atoms with Gasteiger partial charge in [0.2, 0.25) is 5.91 Å². The molecule has 0 unspecified atom stereocenters. The maximum Gasteiger partial charge on any atom is 0.317 e. The molecule has 0 N–H and O–H groups in total. The molecule has 4 rings (SSSR count). The normalized spacial score (nSPS) is 19.3. The maximum absolute atomic E-state index is 12.7. The Hall–Kier alpha value is -2.45. The number of rotatable bonds is 2. The molecule has 1 spiro atoms. The second-order valence-corrected chi connectivity index (χ2v) is 6.73. The first-order chi connectivity index (χ1) is 12.5. The monoisotopic (exact) mass is 359 g/mol. The van der Waals surface area contributed by atoms with Crippen LogP contribution < -0.4 is 11.1 Å². The molecule has 0 aliphatic carbocycles. The molecule has 2 saturated heterocycles. The lowest BCUT2D eigenvalue weighted by molar-refractivity contribution is -0.187. The van der Waals surface area contributed by atoms with E-state index in [1.54, 1.807) is 36.2 Å². The average molecular weight is 359 g/mol. The predicted octanol–water partition coefficient (Wildman–Crippen LogP) is 0.0657. The molecule has 1 aromatic heterocycles. The van der Waals surface area contributed by atoms with Crippen LogP contribution in [0.25, 0.3) is 11.0 Å². The molecule has 2 aliphatic rings. The summed E-state index contributed by atoms with van der Waals surface area (Å²) < 4.78 is 13.9. The zero-order chi connectivity index (χ0) is 18.3. The van der Waals surface area contributed by atoms with Crippen molar-refractivity contribution in [3.63, 3.8) is 0 Å². The van der Waals surface area contributed by atoms with E-state index in [-0.39, 0.29) is 12.5 Å². The molecule has 0 saturated carbocycles. The highest BCUT2D eigenvalue weighted by Crippen LogP contribution is 2.31. The summed E-state index contributed by atoms with van der Waals surface area (Å²) in [5, 5.41) is 0. The van der Waals surface area contributed by atoms with Crippen molar-refractivity contribution >= 4 is 16.9 Å². The number of benzene rings is 1. The minimum atomic E-state index is -0.685. The molecule has 1 amide bonds. The van der Waals surface area contributed by atoms with Crippen LogP contribution in [0.2, 0.25) is 0 Å². The quantitative estimate of drug-likeness (QED) is 0.709. The Morgan fingerprint density at radius 3 is 2.31 bits per heavy atom. The first-order valence-corrected chi connectivity index (χ1v) is 8.75. The van der Waals surface area contributed by atoms with Crippen molar-refractivity contribution in [3.05, 3.63) is 45.0 Å². The van der Waals surface area contributed by atoms with Crippen LogP contribution in [0.1, 0.15) is 12.8 Å². The summed E-state index contributed by atoms with van der Waals surface area (Å²) >= 11 is 0. The van der Waals surface area contributed by atoms with Crippen molar-refractivity contribution in [2.75, 3.05) is 26.3 Å². The highest BCUT2D eigenvalue weighted by Gasteiger charge is 2.40. The summed E-state index contributed by atoms with van der Waals surface area (Å²) in [6, 6.07) is 7.09. The van der Waals surface area contributed by atoms with E-state index in [0.717, 1.165) is 0 Å². The summed E-state index contributed by atoms with van der Waals surface area (Å²) in [5.74, 6) is -0.735. The van der Waals surface area contributed by atoms with E-state index in [4.69, 9.17) is 9.47 Å². The molecule has 8 nitrogen and oxygen atoms in total. The lowest BCUT2D eigenvalue weighted by Crippen LogP contribution is -2.49. The van der Waals surface area contributed by atoms with E-state index < -0.39 is 16.9 Å². The Kier molecular flexibility index (Phi) is 4.16. The molecule has 26 heavy (non-hydrogen) atoms. The maximum atomic E-state index is 12.7. The number of likely N-dealkylation sites (tertiary alicyclic amines) is 1. The van der Waals surface area contributed by atoms with Gasteiger partial charge in [0.05, 0.1) is 24.2 Å². The van der Waals surface area contributed by atoms with Gasteiger partial charge in [-0.3, -0.25) is 19.0 Å². The standard InChI is InChI=1S/C18H21N3O5/c1-19-13-4-2-3-5-14(13)21(17(24)16(19)23)12-15(22)20-8-6-18(7-9-20)25-10-11-26-18/h2-5H,6-12H2,1H3. The Balaban J connectivity index is 1.59. The van der Waals surface area contributed by atoms with Crippen molar-refractivity contribution in [3.8, 4) is 0 Å². The molecule has 3 heterocycles. The third-order valence-corrected chi connectivity index (χ3v) is 5.25. The number of piperidine rings is 1. The molecule has 2 fully saturated rings. The molecule has 0 radical (unpaired) electrons. The van der Waals surface area contributed by atoms with Gasteiger partial charge in [0.15, 0.2) is 5.79 Å². The molecule has 0 bridgehead atoms. The molecular weight excluding hydrogens is 338 g/mol. The van der Waals surface area contributed by atoms with Crippen LogP contribution in [0.3, 0.4) is 0 Å². The number of carbonyl (C=O) groups excluding carboxylic acids is 1. The summed E-state index contributed by atoms with van der Waals surface area (Å²) in [6.07, 6.45) is 1.23. The van der Waals surface area contributed by atoms with E-state index in [2.05, 4.69) is 0 Å². The Labute approximate surface area is 149 Å². The van der Waals surface area contributed by atoms with Crippen LogP contribution >= 0.6 is 0 Å². The number of para-hydroxylation sites is 2. The van der Waals surface area contributed by atoms with Crippen molar-refractivity contribution in [1.82, 2.24) is 14.0 Å². The van der Waals surface area contributed by atoms with Crippen LogP contribution in [0.15, 0.2) is 33.9 Å². The van der Waals surface area contributed by atoms with Gasteiger partial charge < -0.3 is 18.9 Å². The fourth-order valence-electron chi connectivity index (χ4n) is 3.73. The van der Waals surface area contributed by atoms with Crippen LogP contribution in [-0.2, 0) is 27.9 Å². The number of ether oxygens (including phenoxy) is 2. The van der Waals surface area contributed by atoms with Crippen LogP contribution in [0.4, 0.5) is 0 Å². The fourth-order valence-corrected chi connectivity index (χ4v) is 3.73. The number of carbonyl (C=O) groups is 1. The Bertz CT molecular complexity index is 961. The van der Waals surface area contributed by atoms with E-state index in [9.17, 15) is 14.4 Å². The third kappa shape index (κ3) is 2.75. The summed E-state index contributed by atoms with van der Waals surface area (Å²) in [6.45, 7) is 2.04. The largest absolute Gasteiger partial charge is 0.347 e. The predicted molar refractivity (Wildman–Crippen MR) is 93.9 cm³/mol. The number of fused-ring (bicyclic) bond motifs is 1. The van der Waals surface area contributed by atoms with Gasteiger partial charge in [-0.05, 0) is 12.1 Å². The van der Waals surface area contributed by atoms with Crippen LogP contribution in [0, 0.1) is 0 Å². The second kappa shape index (κ2) is 6.37. The van der Waals surface area contributed by atoms with Gasteiger partial charge >= 0.3 is 11.1 Å². The highest BCUT2D eigenvalue weighted by atomic mass is 16.7. The lowest BCUT2D eigenvalue weighted by atomic mass is 10.0. The van der Waals surface area contributed by atoms with Crippen molar-refractivity contribution in [1.29, 1.82) is 0 Å². The minimum absolute atomic E-state index is 0.149. The Morgan fingerprint density at radius 1 is 1.04 bits per heavy atom.